The number of amides is 1. The number of aromatic amines is 1. The molecule has 2 bridgehead atoms. The normalized spacial score (nSPS) is 40.4. The Kier molecular flexibility index (Phi) is 12.2. The Hall–Kier alpha value is -3.04. The van der Waals surface area contributed by atoms with Gasteiger partial charge in [0.1, 0.15) is 24.2 Å². The summed E-state index contributed by atoms with van der Waals surface area (Å²) >= 11 is 0. The average Bonchev–Trinajstić information content (AvgIpc) is 3.72. The standard InChI is InChI=1S/C38H61N5O9/c1-12-28-38(8)32-23(4)29(40-42(43(32)36(47)52-38)17-13-14-26-15-16-39-20-26)21(2)19-37(7,48-11)33(24(5)30(44)25(6)34(46)50-28)51-35-31(45)27(41(9)10)18-22(3)49-35/h15-16,20-25,27-28,31-33,35,39,45H,12-14,17-19H2,1-11H3/t21-,22+,23-,24-,25+,27-,28-,31+,32-,33+,35-,37?,38-/m1/s1. The summed E-state index contributed by atoms with van der Waals surface area (Å²) in [7, 11) is 5.39. The number of H-pyrrole nitrogens is 1. The van der Waals surface area contributed by atoms with Crippen LogP contribution in [0.2, 0.25) is 0 Å². The van der Waals surface area contributed by atoms with E-state index in [9.17, 15) is 19.5 Å². The Morgan fingerprint density at radius 2 is 1.83 bits per heavy atom. The van der Waals surface area contributed by atoms with E-state index in [1.807, 2.05) is 72.1 Å². The lowest BCUT2D eigenvalue weighted by molar-refractivity contribution is -0.295. The molecular formula is C38H61N5O9. The number of nitrogens with zero attached hydrogens (tertiary/aromatic N) is 4. The summed E-state index contributed by atoms with van der Waals surface area (Å²) in [5.74, 6) is -3.66. The lowest BCUT2D eigenvalue weighted by Gasteiger charge is -2.49. The molecule has 0 aromatic carbocycles. The summed E-state index contributed by atoms with van der Waals surface area (Å²) in [4.78, 5) is 47.0. The van der Waals surface area contributed by atoms with Crippen molar-refractivity contribution >= 4 is 23.6 Å². The first-order valence-corrected chi connectivity index (χ1v) is 18.9. The highest BCUT2D eigenvalue weighted by atomic mass is 16.7. The highest BCUT2D eigenvalue weighted by Crippen LogP contribution is 2.45. The van der Waals surface area contributed by atoms with E-state index >= 15 is 0 Å². The van der Waals surface area contributed by atoms with E-state index in [0.29, 0.717) is 25.8 Å². The van der Waals surface area contributed by atoms with Crippen molar-refractivity contribution in [1.29, 1.82) is 0 Å². The van der Waals surface area contributed by atoms with E-state index in [1.165, 1.54) is 6.92 Å². The third kappa shape index (κ3) is 7.51. The molecule has 4 aliphatic heterocycles. The van der Waals surface area contributed by atoms with Crippen molar-refractivity contribution in [1.82, 2.24) is 20.0 Å². The Morgan fingerprint density at radius 1 is 1.12 bits per heavy atom. The number of carbonyl (C=O) groups is 3. The molecule has 1 aromatic heterocycles. The predicted octanol–water partition coefficient (Wildman–Crippen LogP) is 4.17. The molecule has 292 valence electrons. The smallest absolute Gasteiger partial charge is 0.431 e. The molecule has 14 heteroatoms. The first kappa shape index (κ1) is 40.2. The number of aryl methyl sites for hydroxylation is 1. The van der Waals surface area contributed by atoms with Crippen LogP contribution in [0.3, 0.4) is 0 Å². The molecule has 0 aliphatic carbocycles. The van der Waals surface area contributed by atoms with Gasteiger partial charge < -0.3 is 38.7 Å². The van der Waals surface area contributed by atoms with Gasteiger partial charge in [0.05, 0.1) is 24.4 Å². The second-order valence-electron chi connectivity index (χ2n) is 16.1. The molecule has 14 nitrogen and oxygen atoms in total. The first-order chi connectivity index (χ1) is 24.5. The van der Waals surface area contributed by atoms with E-state index in [1.54, 1.807) is 24.2 Å². The minimum absolute atomic E-state index is 0.216. The number of nitrogens with one attached hydrogen (secondary N) is 1. The number of cyclic esters (lactones) is 1. The molecule has 0 radical (unpaired) electrons. The summed E-state index contributed by atoms with van der Waals surface area (Å²) < 4.78 is 31.6. The van der Waals surface area contributed by atoms with Crippen molar-refractivity contribution in [3.8, 4) is 0 Å². The Bertz CT molecular complexity index is 1460. The van der Waals surface area contributed by atoms with Gasteiger partial charge in [-0.25, -0.2) is 4.79 Å². The summed E-state index contributed by atoms with van der Waals surface area (Å²) in [6.07, 6.45) is 2.08. The molecule has 5 rings (SSSR count). The minimum atomic E-state index is -1.23. The lowest BCUT2D eigenvalue weighted by atomic mass is 9.73. The number of hydrogen-bond acceptors (Lipinski definition) is 12. The molecule has 13 atom stereocenters. The molecular weight excluding hydrogens is 670 g/mol. The number of aliphatic hydroxyl groups is 1. The number of Topliss-reactive ketones (excluding diaryl/α,β-unsaturated/α-hetero) is 1. The van der Waals surface area contributed by atoms with Crippen LogP contribution in [0.1, 0.15) is 86.6 Å². The van der Waals surface area contributed by atoms with Gasteiger partial charge in [0.2, 0.25) is 0 Å². The van der Waals surface area contributed by atoms with Crippen molar-refractivity contribution in [3.63, 3.8) is 0 Å². The fourth-order valence-electron chi connectivity index (χ4n) is 9.06. The number of ether oxygens (including phenoxy) is 5. The maximum absolute atomic E-state index is 14.3. The zero-order chi connectivity index (χ0) is 38.3. The highest BCUT2D eigenvalue weighted by molar-refractivity contribution is 6.00. The number of rotatable bonds is 9. The molecule has 1 unspecified atom stereocenters. The number of likely N-dealkylation sites (N-methyl/N-ethyl adjacent to an activating group) is 1. The monoisotopic (exact) mass is 731 g/mol. The zero-order valence-electron chi connectivity index (χ0n) is 32.8. The van der Waals surface area contributed by atoms with E-state index in [4.69, 9.17) is 28.8 Å². The quantitative estimate of drug-likeness (QED) is 0.278. The zero-order valence-corrected chi connectivity index (χ0v) is 32.8. The van der Waals surface area contributed by atoms with E-state index in [-0.39, 0.29) is 24.0 Å². The van der Waals surface area contributed by atoms with Gasteiger partial charge in [-0.3, -0.25) is 9.59 Å². The number of carbonyl (C=O) groups excluding carboxylic acids is 3. The fraction of sp³-hybridized carbons (Fsp3) is 0.789. The summed E-state index contributed by atoms with van der Waals surface area (Å²) in [6.45, 7) is 15.3. The second kappa shape index (κ2) is 15.7. The molecule has 2 N–H and O–H groups in total. The molecule has 4 aliphatic rings. The van der Waals surface area contributed by atoms with Crippen molar-refractivity contribution in [2.75, 3.05) is 27.7 Å². The van der Waals surface area contributed by atoms with Crippen molar-refractivity contribution in [3.05, 3.63) is 24.0 Å². The number of hydrazone groups is 1. The maximum Gasteiger partial charge on any atom is 0.431 e. The lowest BCUT2D eigenvalue weighted by Crippen LogP contribution is -2.63. The number of hydrazine groups is 1. The number of aromatic nitrogens is 1. The molecule has 3 fully saturated rings. The Balaban J connectivity index is 1.58. The van der Waals surface area contributed by atoms with Crippen LogP contribution in [-0.2, 0) is 39.7 Å². The van der Waals surface area contributed by atoms with Gasteiger partial charge in [-0.2, -0.15) is 15.2 Å². The first-order valence-electron chi connectivity index (χ1n) is 18.9. The molecule has 0 saturated carbocycles. The summed E-state index contributed by atoms with van der Waals surface area (Å²) in [5.41, 5.74) is -0.368. The van der Waals surface area contributed by atoms with Crippen LogP contribution in [0.5, 0.6) is 0 Å². The van der Waals surface area contributed by atoms with Gasteiger partial charge in [-0.1, -0.05) is 27.7 Å². The van der Waals surface area contributed by atoms with Crippen LogP contribution in [0.4, 0.5) is 4.79 Å². The van der Waals surface area contributed by atoms with Crippen molar-refractivity contribution in [2.45, 2.75) is 141 Å². The molecule has 3 saturated heterocycles. The highest BCUT2D eigenvalue weighted by Gasteiger charge is 2.63. The SMILES string of the molecule is CC[C@H]1OC(=O)[C@@H](C)C(=O)[C@@H](C)[C@H](O[C@H]2O[C@@H](C)C[C@@H](N(C)C)[C@@H]2O)C(C)(OC)C[C@@H](C)C2=NN(CCCc3cc[nH]c3)N3C(=O)O[C@@]1(C)[C@H]3[C@@H]2C. The molecule has 52 heavy (non-hydrogen) atoms. The average molecular weight is 732 g/mol. The van der Waals surface area contributed by atoms with Gasteiger partial charge in [0.25, 0.3) is 0 Å². The van der Waals surface area contributed by atoms with Crippen LogP contribution in [0, 0.1) is 23.7 Å². The second-order valence-corrected chi connectivity index (χ2v) is 16.1. The number of aliphatic hydroxyl groups excluding tert-OH is 1. The van der Waals surface area contributed by atoms with E-state index < -0.39 is 71.5 Å². The van der Waals surface area contributed by atoms with Crippen LogP contribution < -0.4 is 0 Å². The maximum atomic E-state index is 14.3. The van der Waals surface area contributed by atoms with Gasteiger partial charge in [-0.05, 0) is 91.4 Å². The van der Waals surface area contributed by atoms with E-state index in [2.05, 4.69) is 11.9 Å². The van der Waals surface area contributed by atoms with Crippen LogP contribution in [-0.4, -0.2) is 130 Å². The van der Waals surface area contributed by atoms with Crippen LogP contribution in [0.25, 0.3) is 0 Å². The predicted molar refractivity (Wildman–Crippen MR) is 193 cm³/mol. The fourth-order valence-corrected chi connectivity index (χ4v) is 9.06. The van der Waals surface area contributed by atoms with Crippen molar-refractivity contribution < 1.29 is 43.2 Å². The Labute approximate surface area is 308 Å². The van der Waals surface area contributed by atoms with Gasteiger partial charge in [-0.15, -0.1) is 0 Å². The largest absolute Gasteiger partial charge is 0.457 e. The Morgan fingerprint density at radius 3 is 2.44 bits per heavy atom. The van der Waals surface area contributed by atoms with Crippen LogP contribution in [0.15, 0.2) is 23.6 Å². The van der Waals surface area contributed by atoms with Gasteiger partial charge in [0, 0.05) is 43.1 Å². The third-order valence-electron chi connectivity index (χ3n) is 12.0. The van der Waals surface area contributed by atoms with Crippen molar-refractivity contribution in [2.24, 2.45) is 28.8 Å². The van der Waals surface area contributed by atoms with Gasteiger partial charge in [0.15, 0.2) is 17.7 Å². The molecule has 1 aromatic rings. The molecule has 5 heterocycles. The molecule has 0 spiro atoms. The molecule has 1 amide bonds. The van der Waals surface area contributed by atoms with Gasteiger partial charge >= 0.3 is 12.1 Å². The third-order valence-corrected chi connectivity index (χ3v) is 12.0. The number of ketones is 1. The number of fused-ring (bicyclic) bond motifs is 1. The van der Waals surface area contributed by atoms with Crippen LogP contribution >= 0.6 is 0 Å². The van der Waals surface area contributed by atoms with E-state index in [0.717, 1.165) is 24.1 Å². The topological polar surface area (TPSA) is 155 Å². The minimum Gasteiger partial charge on any atom is -0.457 e. The number of methoxy groups -OCH3 is 1. The summed E-state index contributed by atoms with van der Waals surface area (Å²) in [5, 5.41) is 19.9. The number of hydrogen-bond donors (Lipinski definition) is 2. The number of esters is 1. The summed E-state index contributed by atoms with van der Waals surface area (Å²) in [6, 6.07) is 1.24.